The lowest BCUT2D eigenvalue weighted by atomic mass is 9.70. The summed E-state index contributed by atoms with van der Waals surface area (Å²) in [7, 11) is 0. The van der Waals surface area contributed by atoms with Crippen LogP contribution in [0.2, 0.25) is 0 Å². The molecule has 1 aliphatic heterocycles. The third kappa shape index (κ3) is 2.61. The van der Waals surface area contributed by atoms with Gasteiger partial charge in [0, 0.05) is 11.2 Å². The number of aryl methyl sites for hydroxylation is 1. The molecule has 0 aliphatic carbocycles. The first-order valence-electron chi connectivity index (χ1n) is 8.16. The molecule has 21 heavy (non-hydrogen) atoms. The summed E-state index contributed by atoms with van der Waals surface area (Å²) in [4.78, 5) is 15.5. The van der Waals surface area contributed by atoms with Crippen molar-refractivity contribution in [2.75, 3.05) is 4.90 Å². The first-order valence-corrected chi connectivity index (χ1v) is 8.16. The Hall–Kier alpha value is -1.31. The van der Waals surface area contributed by atoms with Crippen LogP contribution in [0.3, 0.4) is 0 Å². The van der Waals surface area contributed by atoms with E-state index in [1.165, 1.54) is 5.56 Å². The Morgan fingerprint density at radius 2 is 1.86 bits per heavy atom. The van der Waals surface area contributed by atoms with E-state index >= 15 is 0 Å². The Morgan fingerprint density at radius 1 is 1.24 bits per heavy atom. The number of fused-ring (bicyclic) bond motifs is 1. The van der Waals surface area contributed by atoms with Crippen molar-refractivity contribution in [3.8, 4) is 0 Å². The fourth-order valence-electron chi connectivity index (χ4n) is 3.67. The van der Waals surface area contributed by atoms with Gasteiger partial charge in [0.25, 0.3) is 0 Å². The number of hydrogen-bond donors (Lipinski definition) is 0. The van der Waals surface area contributed by atoms with Gasteiger partial charge in [-0.1, -0.05) is 39.0 Å². The van der Waals surface area contributed by atoms with Gasteiger partial charge in [0.2, 0.25) is 5.91 Å². The lowest BCUT2D eigenvalue weighted by Crippen LogP contribution is -2.53. The van der Waals surface area contributed by atoms with E-state index in [4.69, 9.17) is 0 Å². The molecule has 1 atom stereocenters. The summed E-state index contributed by atoms with van der Waals surface area (Å²) in [6, 6.07) is 8.40. The Labute approximate surface area is 129 Å². The molecular weight excluding hydrogens is 258 g/mol. The average Bonchev–Trinajstić information content (AvgIpc) is 2.52. The summed E-state index contributed by atoms with van der Waals surface area (Å²) in [6.07, 6.45) is 2.84. The molecule has 0 aromatic heterocycles. The van der Waals surface area contributed by atoms with E-state index in [9.17, 15) is 4.79 Å². The van der Waals surface area contributed by atoms with Crippen molar-refractivity contribution in [2.45, 2.75) is 66.3 Å². The summed E-state index contributed by atoms with van der Waals surface area (Å²) in [5.74, 6) is 0.659. The molecule has 0 radical (unpaired) electrons. The second-order valence-electron chi connectivity index (χ2n) is 7.60. The maximum Gasteiger partial charge on any atom is 0.233 e. The van der Waals surface area contributed by atoms with Gasteiger partial charge in [-0.2, -0.15) is 0 Å². The second kappa shape index (κ2) is 5.47. The van der Waals surface area contributed by atoms with Gasteiger partial charge < -0.3 is 4.90 Å². The van der Waals surface area contributed by atoms with Crippen LogP contribution in [-0.4, -0.2) is 11.4 Å². The zero-order valence-corrected chi connectivity index (χ0v) is 14.4. The van der Waals surface area contributed by atoms with Crippen LogP contribution >= 0.6 is 0 Å². The summed E-state index contributed by atoms with van der Waals surface area (Å²) in [5, 5.41) is 0. The number of rotatable bonds is 2. The van der Waals surface area contributed by atoms with Gasteiger partial charge in [-0.05, 0) is 57.6 Å². The van der Waals surface area contributed by atoms with E-state index in [1.54, 1.807) is 0 Å². The molecule has 1 amide bonds. The molecule has 0 fully saturated rings. The smallest absolute Gasteiger partial charge is 0.233 e. The highest BCUT2D eigenvalue weighted by atomic mass is 16.2. The van der Waals surface area contributed by atoms with E-state index in [0.29, 0.717) is 11.8 Å². The van der Waals surface area contributed by atoms with E-state index in [0.717, 1.165) is 24.9 Å². The number of benzene rings is 1. The fourth-order valence-corrected chi connectivity index (χ4v) is 3.67. The van der Waals surface area contributed by atoms with Gasteiger partial charge in [-0.15, -0.1) is 0 Å². The molecule has 2 rings (SSSR count). The van der Waals surface area contributed by atoms with Crippen molar-refractivity contribution in [1.29, 1.82) is 0 Å². The van der Waals surface area contributed by atoms with Crippen LogP contribution in [-0.2, 0) is 11.2 Å². The number of para-hydroxylation sites is 1. The van der Waals surface area contributed by atoms with Crippen LogP contribution in [0.4, 0.5) is 5.69 Å². The van der Waals surface area contributed by atoms with Gasteiger partial charge in [0.1, 0.15) is 0 Å². The van der Waals surface area contributed by atoms with E-state index in [-0.39, 0.29) is 11.0 Å². The summed E-state index contributed by atoms with van der Waals surface area (Å²) < 4.78 is 0. The molecule has 0 saturated carbocycles. The van der Waals surface area contributed by atoms with Crippen LogP contribution in [0.1, 0.15) is 59.9 Å². The van der Waals surface area contributed by atoms with E-state index in [1.807, 2.05) is 6.07 Å². The molecule has 2 nitrogen and oxygen atoms in total. The zero-order chi connectivity index (χ0) is 15.8. The van der Waals surface area contributed by atoms with Crippen LogP contribution in [0.15, 0.2) is 24.3 Å². The standard InChI is InChI=1S/C19H29NO/c1-7-19(14(2)3)13-12-15-10-8-9-11-16(15)20(17(19)21)18(4,5)6/h8-11,14H,7,12-13H2,1-6H3. The number of nitrogens with zero attached hydrogens (tertiary/aromatic N) is 1. The first kappa shape index (κ1) is 16.1. The molecule has 0 saturated heterocycles. The molecular formula is C19H29NO. The lowest BCUT2D eigenvalue weighted by Gasteiger charge is -2.43. The molecule has 1 aromatic rings. The largest absolute Gasteiger partial charge is 0.306 e. The number of amides is 1. The molecule has 2 heteroatoms. The maximum atomic E-state index is 13.5. The average molecular weight is 287 g/mol. The van der Waals surface area contributed by atoms with Gasteiger partial charge >= 0.3 is 0 Å². The van der Waals surface area contributed by atoms with Gasteiger partial charge in [0.05, 0.1) is 5.41 Å². The summed E-state index contributed by atoms with van der Waals surface area (Å²) in [6.45, 7) is 12.9. The third-order valence-corrected chi connectivity index (χ3v) is 5.11. The predicted molar refractivity (Wildman–Crippen MR) is 89.6 cm³/mol. The topological polar surface area (TPSA) is 20.3 Å². The molecule has 0 bridgehead atoms. The molecule has 1 unspecified atom stereocenters. The van der Waals surface area contributed by atoms with Crippen molar-refractivity contribution >= 4 is 11.6 Å². The van der Waals surface area contributed by atoms with Crippen molar-refractivity contribution in [3.63, 3.8) is 0 Å². The summed E-state index contributed by atoms with van der Waals surface area (Å²) in [5.41, 5.74) is 1.96. The van der Waals surface area contributed by atoms with Crippen molar-refractivity contribution in [1.82, 2.24) is 0 Å². The van der Waals surface area contributed by atoms with Crippen molar-refractivity contribution < 1.29 is 4.79 Å². The Kier molecular flexibility index (Phi) is 4.19. The molecule has 1 aromatic carbocycles. The fraction of sp³-hybridized carbons (Fsp3) is 0.632. The molecule has 116 valence electrons. The van der Waals surface area contributed by atoms with E-state index < -0.39 is 0 Å². The number of carbonyl (C=O) groups is 1. The van der Waals surface area contributed by atoms with Crippen LogP contribution in [0, 0.1) is 11.3 Å². The molecule has 1 heterocycles. The third-order valence-electron chi connectivity index (χ3n) is 5.11. The highest BCUT2D eigenvalue weighted by Crippen LogP contribution is 2.45. The number of hydrogen-bond acceptors (Lipinski definition) is 1. The van der Waals surface area contributed by atoms with E-state index in [2.05, 4.69) is 64.6 Å². The minimum Gasteiger partial charge on any atom is -0.306 e. The highest BCUT2D eigenvalue weighted by Gasteiger charge is 2.47. The zero-order valence-electron chi connectivity index (χ0n) is 14.4. The van der Waals surface area contributed by atoms with Crippen molar-refractivity contribution in [2.24, 2.45) is 11.3 Å². The van der Waals surface area contributed by atoms with Crippen LogP contribution in [0.5, 0.6) is 0 Å². The normalized spacial score (nSPS) is 23.2. The Bertz CT molecular complexity index is 527. The van der Waals surface area contributed by atoms with Gasteiger partial charge in [-0.3, -0.25) is 4.79 Å². The van der Waals surface area contributed by atoms with Gasteiger partial charge in [-0.25, -0.2) is 0 Å². The summed E-state index contributed by atoms with van der Waals surface area (Å²) >= 11 is 0. The SMILES string of the molecule is CCC1(C(C)C)CCc2ccccc2N(C(C)(C)C)C1=O. The maximum absolute atomic E-state index is 13.5. The number of anilines is 1. The van der Waals surface area contributed by atoms with Gasteiger partial charge in [0.15, 0.2) is 0 Å². The molecule has 0 spiro atoms. The molecule has 1 aliphatic rings. The van der Waals surface area contributed by atoms with Crippen molar-refractivity contribution in [3.05, 3.63) is 29.8 Å². The second-order valence-corrected chi connectivity index (χ2v) is 7.60. The highest BCUT2D eigenvalue weighted by molar-refractivity contribution is 6.00. The Morgan fingerprint density at radius 3 is 2.38 bits per heavy atom. The molecule has 0 N–H and O–H groups in total. The quantitative estimate of drug-likeness (QED) is 0.764. The number of carbonyl (C=O) groups excluding carboxylic acids is 1. The van der Waals surface area contributed by atoms with Crippen LogP contribution in [0.25, 0.3) is 0 Å². The lowest BCUT2D eigenvalue weighted by molar-refractivity contribution is -0.132. The monoisotopic (exact) mass is 287 g/mol. The first-order chi connectivity index (χ1) is 9.74. The predicted octanol–water partition coefficient (Wildman–Crippen LogP) is 4.82. The minimum atomic E-state index is -0.244. The Balaban J connectivity index is 2.64. The van der Waals surface area contributed by atoms with Crippen LogP contribution < -0.4 is 4.90 Å². The minimum absolute atomic E-state index is 0.202.